The number of hydrogen-bond acceptors (Lipinski definition) is 4. The molecule has 7 nitrogen and oxygen atoms in total. The van der Waals surface area contributed by atoms with E-state index in [2.05, 4.69) is 51.5 Å². The molecular formula is C16H32IN7. The summed E-state index contributed by atoms with van der Waals surface area (Å²) in [4.78, 5) is 9.13. The second-order valence-electron chi connectivity index (χ2n) is 6.48. The van der Waals surface area contributed by atoms with Crippen LogP contribution in [0.2, 0.25) is 0 Å². The lowest BCUT2D eigenvalue weighted by atomic mass is 10.2. The molecule has 2 heterocycles. The third kappa shape index (κ3) is 5.32. The first-order chi connectivity index (χ1) is 10.9. The fraction of sp³-hybridized carbons (Fsp3) is 0.750. The molecule has 1 unspecified atom stereocenters. The van der Waals surface area contributed by atoms with E-state index in [4.69, 9.17) is 0 Å². The van der Waals surface area contributed by atoms with Gasteiger partial charge in [-0.25, -0.2) is 0 Å². The molecule has 1 aromatic rings. The highest BCUT2D eigenvalue weighted by atomic mass is 127. The van der Waals surface area contributed by atoms with E-state index in [-0.39, 0.29) is 24.0 Å². The van der Waals surface area contributed by atoms with Crippen LogP contribution in [0.4, 0.5) is 0 Å². The number of nitrogens with one attached hydrogen (secondary N) is 2. The van der Waals surface area contributed by atoms with Gasteiger partial charge in [0, 0.05) is 64.1 Å². The molecule has 1 saturated heterocycles. The van der Waals surface area contributed by atoms with Gasteiger partial charge >= 0.3 is 0 Å². The molecule has 1 aliphatic heterocycles. The highest BCUT2D eigenvalue weighted by Gasteiger charge is 2.22. The minimum Gasteiger partial charge on any atom is -0.355 e. The van der Waals surface area contributed by atoms with Crippen LogP contribution in [-0.2, 0) is 13.6 Å². The van der Waals surface area contributed by atoms with E-state index in [1.165, 1.54) is 11.3 Å². The second-order valence-corrected chi connectivity index (χ2v) is 6.48. The van der Waals surface area contributed by atoms with E-state index in [9.17, 15) is 0 Å². The van der Waals surface area contributed by atoms with Gasteiger partial charge in [-0.2, -0.15) is 5.10 Å². The number of rotatable bonds is 4. The van der Waals surface area contributed by atoms with Crippen molar-refractivity contribution in [1.82, 2.24) is 30.2 Å². The normalized spacial score (nSPS) is 19.9. The van der Waals surface area contributed by atoms with Crippen LogP contribution in [0.15, 0.2) is 4.99 Å². The van der Waals surface area contributed by atoms with Gasteiger partial charge in [0.05, 0.1) is 5.69 Å². The summed E-state index contributed by atoms with van der Waals surface area (Å²) in [6.07, 6.45) is 0. The van der Waals surface area contributed by atoms with E-state index in [1.807, 2.05) is 25.7 Å². The van der Waals surface area contributed by atoms with Gasteiger partial charge in [-0.3, -0.25) is 14.6 Å². The van der Waals surface area contributed by atoms with Crippen molar-refractivity contribution in [2.24, 2.45) is 12.0 Å². The molecular weight excluding hydrogens is 417 g/mol. The molecule has 0 aromatic carbocycles. The average Bonchev–Trinajstić information content (AvgIpc) is 2.76. The number of aryl methyl sites for hydroxylation is 2. The van der Waals surface area contributed by atoms with Gasteiger partial charge in [-0.05, 0) is 27.9 Å². The van der Waals surface area contributed by atoms with Gasteiger partial charge in [0.15, 0.2) is 5.96 Å². The van der Waals surface area contributed by atoms with E-state index in [0.29, 0.717) is 6.04 Å². The zero-order valence-corrected chi connectivity index (χ0v) is 18.1. The number of nitrogens with zero attached hydrogens (tertiary/aromatic N) is 5. The van der Waals surface area contributed by atoms with Crippen molar-refractivity contribution in [3.63, 3.8) is 0 Å². The Labute approximate surface area is 162 Å². The van der Waals surface area contributed by atoms with Gasteiger partial charge in [0.2, 0.25) is 0 Å². The fourth-order valence-corrected chi connectivity index (χ4v) is 3.00. The largest absolute Gasteiger partial charge is 0.355 e. The SMILES string of the molecule is CN=C(NCc1c(C)nn(C)c1C)NCC1CN(C)CCN1C.I. The van der Waals surface area contributed by atoms with Crippen LogP contribution >= 0.6 is 24.0 Å². The molecule has 0 bridgehead atoms. The Bertz CT molecular complexity index is 555. The molecule has 1 aromatic heterocycles. The predicted molar refractivity (Wildman–Crippen MR) is 110 cm³/mol. The van der Waals surface area contributed by atoms with Gasteiger partial charge in [-0.15, -0.1) is 24.0 Å². The quantitative estimate of drug-likeness (QED) is 0.400. The van der Waals surface area contributed by atoms with E-state index < -0.39 is 0 Å². The van der Waals surface area contributed by atoms with E-state index in [1.54, 1.807) is 0 Å². The molecule has 8 heteroatoms. The van der Waals surface area contributed by atoms with Crippen LogP contribution < -0.4 is 10.6 Å². The van der Waals surface area contributed by atoms with Crippen LogP contribution in [0.1, 0.15) is 17.0 Å². The van der Waals surface area contributed by atoms with Gasteiger partial charge < -0.3 is 15.5 Å². The van der Waals surface area contributed by atoms with Crippen molar-refractivity contribution < 1.29 is 0 Å². The first-order valence-electron chi connectivity index (χ1n) is 8.24. The minimum atomic E-state index is 0. The Morgan fingerprint density at radius 3 is 2.50 bits per heavy atom. The maximum atomic E-state index is 4.46. The number of aromatic nitrogens is 2. The minimum absolute atomic E-state index is 0. The lowest BCUT2D eigenvalue weighted by Gasteiger charge is -2.37. The Morgan fingerprint density at radius 1 is 1.21 bits per heavy atom. The van der Waals surface area contributed by atoms with Crippen molar-refractivity contribution in [2.45, 2.75) is 26.4 Å². The summed E-state index contributed by atoms with van der Waals surface area (Å²) in [6, 6.07) is 0.508. The summed E-state index contributed by atoms with van der Waals surface area (Å²) < 4.78 is 1.93. The van der Waals surface area contributed by atoms with Crippen LogP contribution in [0, 0.1) is 13.8 Å². The summed E-state index contributed by atoms with van der Waals surface area (Å²) >= 11 is 0. The standard InChI is InChI=1S/C16H31N7.HI/c1-12-15(13(2)23(6)20-12)10-19-16(17-3)18-9-14-11-21(4)7-8-22(14)5;/h14H,7-11H2,1-6H3,(H2,17,18,19);1H. The summed E-state index contributed by atoms with van der Waals surface area (Å²) in [5.74, 6) is 0.842. The number of aliphatic imine (C=N–C) groups is 1. The van der Waals surface area contributed by atoms with Crippen molar-refractivity contribution in [2.75, 3.05) is 47.3 Å². The molecule has 2 rings (SSSR count). The molecule has 1 fully saturated rings. The molecule has 0 spiro atoms. The molecule has 138 valence electrons. The lowest BCUT2D eigenvalue weighted by Crippen LogP contribution is -2.55. The highest BCUT2D eigenvalue weighted by molar-refractivity contribution is 14.0. The van der Waals surface area contributed by atoms with Crippen molar-refractivity contribution in [1.29, 1.82) is 0 Å². The van der Waals surface area contributed by atoms with E-state index in [0.717, 1.165) is 44.4 Å². The van der Waals surface area contributed by atoms with Gasteiger partial charge in [-0.1, -0.05) is 0 Å². The lowest BCUT2D eigenvalue weighted by molar-refractivity contribution is 0.116. The van der Waals surface area contributed by atoms with Crippen LogP contribution in [-0.4, -0.2) is 78.9 Å². The maximum absolute atomic E-state index is 4.46. The predicted octanol–water partition coefficient (Wildman–Crippen LogP) is 0.566. The summed E-state index contributed by atoms with van der Waals surface area (Å²) in [6.45, 7) is 9.12. The van der Waals surface area contributed by atoms with Gasteiger partial charge in [0.1, 0.15) is 0 Å². The molecule has 1 atom stereocenters. The first-order valence-corrected chi connectivity index (χ1v) is 8.24. The molecule has 1 aliphatic rings. The van der Waals surface area contributed by atoms with Crippen LogP contribution in [0.3, 0.4) is 0 Å². The summed E-state index contributed by atoms with van der Waals surface area (Å²) in [5.41, 5.74) is 3.51. The van der Waals surface area contributed by atoms with Crippen LogP contribution in [0.25, 0.3) is 0 Å². The molecule has 0 aliphatic carbocycles. The molecule has 24 heavy (non-hydrogen) atoms. The molecule has 0 saturated carbocycles. The smallest absolute Gasteiger partial charge is 0.191 e. The molecule has 0 radical (unpaired) electrons. The zero-order chi connectivity index (χ0) is 17.0. The Kier molecular flexibility index (Phi) is 8.44. The maximum Gasteiger partial charge on any atom is 0.191 e. The van der Waals surface area contributed by atoms with Crippen LogP contribution in [0.5, 0.6) is 0 Å². The third-order valence-electron chi connectivity index (χ3n) is 4.80. The van der Waals surface area contributed by atoms with Crippen molar-refractivity contribution in [3.8, 4) is 0 Å². The second kappa shape index (κ2) is 9.57. The fourth-order valence-electron chi connectivity index (χ4n) is 3.00. The highest BCUT2D eigenvalue weighted by Crippen LogP contribution is 2.11. The summed E-state index contributed by atoms with van der Waals surface area (Å²) in [5, 5.41) is 11.3. The monoisotopic (exact) mass is 449 g/mol. The number of guanidine groups is 1. The topological polar surface area (TPSA) is 60.7 Å². The Morgan fingerprint density at radius 2 is 1.92 bits per heavy atom. The molecule has 0 amide bonds. The van der Waals surface area contributed by atoms with Crippen molar-refractivity contribution >= 4 is 29.9 Å². The Hall–Kier alpha value is -0.870. The number of likely N-dealkylation sites (N-methyl/N-ethyl adjacent to an activating group) is 2. The van der Waals surface area contributed by atoms with Crippen molar-refractivity contribution in [3.05, 3.63) is 17.0 Å². The first kappa shape index (κ1) is 21.2. The third-order valence-corrected chi connectivity index (χ3v) is 4.80. The zero-order valence-electron chi connectivity index (χ0n) is 15.8. The van der Waals surface area contributed by atoms with E-state index >= 15 is 0 Å². The number of halogens is 1. The van der Waals surface area contributed by atoms with Gasteiger partial charge in [0.25, 0.3) is 0 Å². The number of piperazine rings is 1. The number of hydrogen-bond donors (Lipinski definition) is 2. The summed E-state index contributed by atoms with van der Waals surface area (Å²) in [7, 11) is 8.17. The average molecular weight is 449 g/mol. The molecule has 2 N–H and O–H groups in total. The Balaban J connectivity index is 0.00000288.